The molecule has 0 amide bonds. The van der Waals surface area contributed by atoms with Crippen molar-refractivity contribution >= 4 is 5.97 Å². The van der Waals surface area contributed by atoms with Crippen molar-refractivity contribution in [2.24, 2.45) is 0 Å². The molecule has 1 aromatic heterocycles. The van der Waals surface area contributed by atoms with Crippen LogP contribution in [0.4, 0.5) is 0 Å². The highest BCUT2D eigenvalue weighted by Crippen LogP contribution is 2.18. The van der Waals surface area contributed by atoms with Crippen molar-refractivity contribution in [2.45, 2.75) is 31.8 Å². The average Bonchev–Trinajstić information content (AvgIpc) is 2.50. The van der Waals surface area contributed by atoms with E-state index in [0.29, 0.717) is 18.5 Å². The maximum atomic E-state index is 10.5. The van der Waals surface area contributed by atoms with Crippen LogP contribution in [0.25, 0.3) is 0 Å². The molecule has 0 spiro atoms. The van der Waals surface area contributed by atoms with Crippen LogP contribution in [-0.4, -0.2) is 22.1 Å². The third-order valence-electron chi connectivity index (χ3n) is 2.42. The molecule has 2 rings (SSSR count). The third-order valence-corrected chi connectivity index (χ3v) is 2.42. The van der Waals surface area contributed by atoms with Gasteiger partial charge in [0.05, 0.1) is 6.54 Å². The summed E-state index contributed by atoms with van der Waals surface area (Å²) in [6.45, 7) is 0.512. The van der Waals surface area contributed by atoms with E-state index in [2.05, 4.69) is 10.3 Å². The van der Waals surface area contributed by atoms with Crippen LogP contribution in [0, 0.1) is 0 Å². The number of nitrogens with one attached hydrogen (secondary N) is 1. The van der Waals surface area contributed by atoms with E-state index in [9.17, 15) is 4.79 Å². The molecule has 0 atom stereocenters. The summed E-state index contributed by atoms with van der Waals surface area (Å²) in [5.41, 5.74) is -0.0320. The molecule has 1 aliphatic carbocycles. The highest BCUT2D eigenvalue weighted by atomic mass is 16.4. The maximum Gasteiger partial charge on any atom is 0.357 e. The quantitative estimate of drug-likeness (QED) is 0.751. The normalized spacial score (nSPS) is 16.6. The van der Waals surface area contributed by atoms with Gasteiger partial charge in [0.25, 0.3) is 0 Å². The van der Waals surface area contributed by atoms with E-state index in [-0.39, 0.29) is 5.69 Å². The molecular weight excluding hydrogens is 184 g/mol. The first-order valence-electron chi connectivity index (χ1n) is 4.67. The summed E-state index contributed by atoms with van der Waals surface area (Å²) in [4.78, 5) is 14.3. The summed E-state index contributed by atoms with van der Waals surface area (Å²) in [7, 11) is 0. The molecule has 1 heterocycles. The number of carboxylic acids is 1. The second-order valence-electron chi connectivity index (χ2n) is 3.44. The van der Waals surface area contributed by atoms with Crippen molar-refractivity contribution in [1.29, 1.82) is 0 Å². The van der Waals surface area contributed by atoms with Crippen LogP contribution in [0.15, 0.2) is 10.7 Å². The first-order chi connectivity index (χ1) is 6.75. The summed E-state index contributed by atoms with van der Waals surface area (Å²) < 4.78 is 4.99. The molecule has 1 aliphatic rings. The minimum absolute atomic E-state index is 0.0320. The molecule has 76 valence electrons. The molecule has 5 nitrogen and oxygen atoms in total. The third kappa shape index (κ3) is 1.93. The molecule has 0 unspecified atom stereocenters. The lowest BCUT2D eigenvalue weighted by Gasteiger charge is -2.25. The Kier molecular flexibility index (Phi) is 2.49. The molecule has 0 aliphatic heterocycles. The predicted octanol–water partition coefficient (Wildman–Crippen LogP) is 1.01. The molecule has 5 heteroatoms. The molecule has 0 saturated heterocycles. The van der Waals surface area contributed by atoms with Crippen molar-refractivity contribution in [1.82, 2.24) is 10.3 Å². The maximum absolute atomic E-state index is 10.5. The minimum atomic E-state index is -1.05. The summed E-state index contributed by atoms with van der Waals surface area (Å²) in [6.07, 6.45) is 4.81. The number of nitrogens with zero attached hydrogens (tertiary/aromatic N) is 1. The molecule has 0 radical (unpaired) electrons. The standard InChI is InChI=1S/C9H12N2O3/c12-9(13)7-5-14-8(11-7)4-10-6-2-1-3-6/h5-6,10H,1-4H2,(H,12,13). The van der Waals surface area contributed by atoms with Crippen molar-refractivity contribution in [3.8, 4) is 0 Å². The largest absolute Gasteiger partial charge is 0.476 e. The van der Waals surface area contributed by atoms with E-state index < -0.39 is 5.97 Å². The Hall–Kier alpha value is -1.36. The number of carboxylic acid groups (broad SMARTS) is 1. The van der Waals surface area contributed by atoms with Gasteiger partial charge in [0.2, 0.25) is 5.89 Å². The van der Waals surface area contributed by atoms with Gasteiger partial charge in [0, 0.05) is 6.04 Å². The first kappa shape index (κ1) is 9.21. The van der Waals surface area contributed by atoms with Gasteiger partial charge in [-0.3, -0.25) is 0 Å². The Bertz CT molecular complexity index is 331. The Labute approximate surface area is 81.1 Å². The fraction of sp³-hybridized carbons (Fsp3) is 0.556. The van der Waals surface area contributed by atoms with Gasteiger partial charge in [-0.2, -0.15) is 0 Å². The lowest BCUT2D eigenvalue weighted by molar-refractivity contribution is 0.0690. The minimum Gasteiger partial charge on any atom is -0.476 e. The van der Waals surface area contributed by atoms with E-state index in [1.54, 1.807) is 0 Å². The van der Waals surface area contributed by atoms with Gasteiger partial charge >= 0.3 is 5.97 Å². The smallest absolute Gasteiger partial charge is 0.357 e. The van der Waals surface area contributed by atoms with E-state index in [4.69, 9.17) is 9.52 Å². The van der Waals surface area contributed by atoms with E-state index >= 15 is 0 Å². The molecule has 2 N–H and O–H groups in total. The highest BCUT2D eigenvalue weighted by Gasteiger charge is 2.17. The number of rotatable bonds is 4. The highest BCUT2D eigenvalue weighted by molar-refractivity contribution is 5.84. The van der Waals surface area contributed by atoms with Gasteiger partial charge in [-0.25, -0.2) is 9.78 Å². The van der Waals surface area contributed by atoms with Crippen molar-refractivity contribution in [3.63, 3.8) is 0 Å². The Balaban J connectivity index is 1.86. The summed E-state index contributed by atoms with van der Waals surface area (Å²) in [6, 6.07) is 0.551. The lowest BCUT2D eigenvalue weighted by atomic mass is 9.93. The van der Waals surface area contributed by atoms with Crippen LogP contribution in [0.5, 0.6) is 0 Å². The van der Waals surface area contributed by atoms with Gasteiger partial charge in [-0.05, 0) is 12.8 Å². The zero-order valence-corrected chi connectivity index (χ0v) is 7.69. The fourth-order valence-corrected chi connectivity index (χ4v) is 1.33. The molecular formula is C9H12N2O3. The number of aromatic carboxylic acids is 1. The van der Waals surface area contributed by atoms with Gasteiger partial charge in [0.15, 0.2) is 5.69 Å². The SMILES string of the molecule is O=C(O)c1coc(CNC2CCC2)n1. The average molecular weight is 196 g/mol. The number of oxazole rings is 1. The van der Waals surface area contributed by atoms with Crippen LogP contribution in [0.1, 0.15) is 35.6 Å². The van der Waals surface area contributed by atoms with Gasteiger partial charge in [-0.1, -0.05) is 6.42 Å². The second kappa shape index (κ2) is 3.79. The summed E-state index contributed by atoms with van der Waals surface area (Å²) in [5.74, 6) is -0.613. The van der Waals surface area contributed by atoms with Gasteiger partial charge < -0.3 is 14.8 Å². The molecule has 0 bridgehead atoms. The number of hydrogen-bond acceptors (Lipinski definition) is 4. The number of carbonyl (C=O) groups is 1. The zero-order valence-electron chi connectivity index (χ0n) is 7.69. The van der Waals surface area contributed by atoms with Crippen LogP contribution in [0.2, 0.25) is 0 Å². The molecule has 0 aromatic carbocycles. The summed E-state index contributed by atoms with van der Waals surface area (Å²) >= 11 is 0. The Morgan fingerprint density at radius 2 is 2.50 bits per heavy atom. The molecule has 1 saturated carbocycles. The van der Waals surface area contributed by atoms with Crippen molar-refractivity contribution < 1.29 is 14.3 Å². The molecule has 14 heavy (non-hydrogen) atoms. The lowest BCUT2D eigenvalue weighted by Crippen LogP contribution is -2.34. The van der Waals surface area contributed by atoms with Crippen LogP contribution < -0.4 is 5.32 Å². The van der Waals surface area contributed by atoms with Crippen molar-refractivity contribution in [3.05, 3.63) is 17.8 Å². The molecule has 1 fully saturated rings. The van der Waals surface area contributed by atoms with Gasteiger partial charge in [0.1, 0.15) is 6.26 Å². The Morgan fingerprint density at radius 1 is 1.71 bits per heavy atom. The van der Waals surface area contributed by atoms with Crippen LogP contribution in [0.3, 0.4) is 0 Å². The fourth-order valence-electron chi connectivity index (χ4n) is 1.33. The topological polar surface area (TPSA) is 75.4 Å². The van der Waals surface area contributed by atoms with E-state index in [1.165, 1.54) is 25.5 Å². The van der Waals surface area contributed by atoms with Crippen molar-refractivity contribution in [2.75, 3.05) is 0 Å². The Morgan fingerprint density at radius 3 is 3.00 bits per heavy atom. The predicted molar refractivity (Wildman–Crippen MR) is 47.9 cm³/mol. The molecule has 1 aromatic rings. The van der Waals surface area contributed by atoms with Gasteiger partial charge in [-0.15, -0.1) is 0 Å². The van der Waals surface area contributed by atoms with E-state index in [0.717, 1.165) is 0 Å². The van der Waals surface area contributed by atoms with E-state index in [1.807, 2.05) is 0 Å². The van der Waals surface area contributed by atoms with Crippen LogP contribution >= 0.6 is 0 Å². The monoisotopic (exact) mass is 196 g/mol. The zero-order chi connectivity index (χ0) is 9.97. The first-order valence-corrected chi connectivity index (χ1v) is 4.67. The number of aromatic nitrogens is 1. The summed E-state index contributed by atoms with van der Waals surface area (Å²) in [5, 5.41) is 11.8. The number of hydrogen-bond donors (Lipinski definition) is 2. The van der Waals surface area contributed by atoms with Crippen LogP contribution in [-0.2, 0) is 6.54 Å². The second-order valence-corrected chi connectivity index (χ2v) is 3.44.